The highest BCUT2D eigenvalue weighted by molar-refractivity contribution is 5.70. The first-order chi connectivity index (χ1) is 11.9. The number of cyclic esters (lactones) is 1. The molecular weight excluding hydrogens is 336 g/mol. The van der Waals surface area contributed by atoms with Gasteiger partial charge in [0.1, 0.15) is 11.9 Å². The first kappa shape index (κ1) is 19.0. The maximum atomic E-state index is 12.3. The van der Waals surface area contributed by atoms with E-state index in [-0.39, 0.29) is 24.3 Å². The van der Waals surface area contributed by atoms with E-state index in [2.05, 4.69) is 4.74 Å². The molecule has 1 N–H and O–H groups in total. The molecule has 1 saturated heterocycles. The van der Waals surface area contributed by atoms with E-state index < -0.39 is 18.7 Å². The van der Waals surface area contributed by atoms with E-state index in [9.17, 15) is 18.4 Å². The molecule has 138 valence electrons. The van der Waals surface area contributed by atoms with Gasteiger partial charge in [0, 0.05) is 19.4 Å². The minimum absolute atomic E-state index is 0.0409. The Bertz CT molecular complexity index is 593. The summed E-state index contributed by atoms with van der Waals surface area (Å²) in [4.78, 5) is 24.5. The van der Waals surface area contributed by atoms with Gasteiger partial charge >= 0.3 is 18.7 Å². The monoisotopic (exact) mass is 357 g/mol. The highest BCUT2D eigenvalue weighted by atomic mass is 19.3. The Balaban J connectivity index is 2.00. The number of amides is 1. The molecule has 1 aromatic carbocycles. The molecule has 2 unspecified atom stereocenters. The fourth-order valence-corrected chi connectivity index (χ4v) is 2.92. The Morgan fingerprint density at radius 2 is 2.08 bits per heavy atom. The van der Waals surface area contributed by atoms with Crippen molar-refractivity contribution >= 4 is 12.1 Å². The number of carboxylic acids is 1. The second-order valence-electron chi connectivity index (χ2n) is 5.79. The number of ether oxygens (including phenoxy) is 2. The van der Waals surface area contributed by atoms with Crippen molar-refractivity contribution in [1.82, 2.24) is 4.90 Å². The Morgan fingerprint density at radius 1 is 1.40 bits per heavy atom. The van der Waals surface area contributed by atoms with Crippen molar-refractivity contribution in [2.75, 3.05) is 6.54 Å². The van der Waals surface area contributed by atoms with Crippen LogP contribution in [0.2, 0.25) is 0 Å². The van der Waals surface area contributed by atoms with Gasteiger partial charge in [-0.25, -0.2) is 4.79 Å². The van der Waals surface area contributed by atoms with Gasteiger partial charge in [-0.15, -0.1) is 0 Å². The summed E-state index contributed by atoms with van der Waals surface area (Å²) in [5, 5.41) is 8.71. The van der Waals surface area contributed by atoms with Gasteiger partial charge in [0.25, 0.3) is 0 Å². The molecule has 1 heterocycles. The Hall–Kier alpha value is -2.38. The standard InChI is InChI=1S/C17H21F2NO5/c1-2-14(11-3-5-12(6-4-11)24-16(18)19)20-10-9-13(25-17(20)23)7-8-15(21)22/h3-6,13-14,16H,2,7-10H2,1H3,(H,21,22). The molecule has 1 aliphatic rings. The van der Waals surface area contributed by atoms with Crippen LogP contribution in [-0.4, -0.2) is 41.3 Å². The normalized spacial score (nSPS) is 18.8. The van der Waals surface area contributed by atoms with Crippen LogP contribution in [0, 0.1) is 0 Å². The minimum atomic E-state index is -2.88. The molecule has 1 fully saturated rings. The van der Waals surface area contributed by atoms with E-state index in [1.165, 1.54) is 12.1 Å². The molecule has 8 heteroatoms. The highest BCUT2D eigenvalue weighted by Gasteiger charge is 2.32. The van der Waals surface area contributed by atoms with E-state index >= 15 is 0 Å². The quantitative estimate of drug-likeness (QED) is 0.765. The molecule has 1 aromatic rings. The van der Waals surface area contributed by atoms with Gasteiger partial charge in [0.15, 0.2) is 0 Å². The largest absolute Gasteiger partial charge is 0.481 e. The van der Waals surface area contributed by atoms with Gasteiger partial charge in [0.2, 0.25) is 0 Å². The molecule has 0 bridgehead atoms. The first-order valence-corrected chi connectivity index (χ1v) is 8.14. The topological polar surface area (TPSA) is 76.1 Å². The number of halogens is 2. The summed E-state index contributed by atoms with van der Waals surface area (Å²) < 4.78 is 34.1. The summed E-state index contributed by atoms with van der Waals surface area (Å²) in [5.74, 6) is -0.862. The molecule has 2 atom stereocenters. The van der Waals surface area contributed by atoms with Crippen molar-refractivity contribution in [2.45, 2.75) is 51.4 Å². The second-order valence-corrected chi connectivity index (χ2v) is 5.79. The van der Waals surface area contributed by atoms with E-state index in [1.54, 1.807) is 17.0 Å². The lowest BCUT2D eigenvalue weighted by Crippen LogP contribution is -2.44. The number of benzene rings is 1. The predicted molar refractivity (Wildman–Crippen MR) is 84.6 cm³/mol. The average molecular weight is 357 g/mol. The van der Waals surface area contributed by atoms with E-state index in [0.717, 1.165) is 5.56 Å². The number of alkyl halides is 2. The van der Waals surface area contributed by atoms with Gasteiger partial charge in [-0.05, 0) is 30.5 Å². The predicted octanol–water partition coefficient (Wildman–Crippen LogP) is 3.81. The summed E-state index contributed by atoms with van der Waals surface area (Å²) >= 11 is 0. The number of rotatable bonds is 8. The van der Waals surface area contributed by atoms with Gasteiger partial charge in [0.05, 0.1) is 6.04 Å². The van der Waals surface area contributed by atoms with Crippen molar-refractivity contribution < 1.29 is 33.0 Å². The molecular formula is C17H21F2NO5. The number of nitrogens with zero attached hydrogens (tertiary/aromatic N) is 1. The smallest absolute Gasteiger partial charge is 0.410 e. The van der Waals surface area contributed by atoms with Crippen LogP contribution in [0.1, 0.15) is 44.2 Å². The lowest BCUT2D eigenvalue weighted by atomic mass is 10.0. The minimum Gasteiger partial charge on any atom is -0.481 e. The summed E-state index contributed by atoms with van der Waals surface area (Å²) in [6.07, 6.45) is 0.568. The molecule has 0 radical (unpaired) electrons. The van der Waals surface area contributed by atoms with Gasteiger partial charge in [-0.3, -0.25) is 4.79 Å². The fourth-order valence-electron chi connectivity index (χ4n) is 2.92. The van der Waals surface area contributed by atoms with Crippen LogP contribution in [0.4, 0.5) is 13.6 Å². The third-order valence-corrected chi connectivity index (χ3v) is 4.13. The van der Waals surface area contributed by atoms with Gasteiger partial charge in [-0.2, -0.15) is 8.78 Å². The van der Waals surface area contributed by atoms with E-state index in [1.807, 2.05) is 6.92 Å². The fraction of sp³-hybridized carbons (Fsp3) is 0.529. The zero-order chi connectivity index (χ0) is 18.4. The molecule has 0 aromatic heterocycles. The first-order valence-electron chi connectivity index (χ1n) is 8.14. The van der Waals surface area contributed by atoms with Gasteiger partial charge in [-0.1, -0.05) is 19.1 Å². The molecule has 2 rings (SSSR count). The summed E-state index contributed by atoms with van der Waals surface area (Å²) in [6, 6.07) is 5.93. The van der Waals surface area contributed by atoms with Crippen LogP contribution < -0.4 is 4.74 Å². The SMILES string of the molecule is CCC(c1ccc(OC(F)F)cc1)N1CCC(CCC(=O)O)OC1=O. The Kier molecular flexibility index (Phi) is 6.55. The van der Waals surface area contributed by atoms with Crippen LogP contribution in [0.5, 0.6) is 5.75 Å². The number of carboxylic acid groups (broad SMARTS) is 1. The number of carbonyl (C=O) groups is 2. The molecule has 0 saturated carbocycles. The van der Waals surface area contributed by atoms with Crippen LogP contribution in [0.3, 0.4) is 0 Å². The maximum absolute atomic E-state index is 12.3. The van der Waals surface area contributed by atoms with E-state index in [4.69, 9.17) is 9.84 Å². The van der Waals surface area contributed by atoms with Crippen molar-refractivity contribution in [3.8, 4) is 5.75 Å². The van der Waals surface area contributed by atoms with Gasteiger partial charge < -0.3 is 19.5 Å². The zero-order valence-corrected chi connectivity index (χ0v) is 13.9. The third-order valence-electron chi connectivity index (χ3n) is 4.13. The van der Waals surface area contributed by atoms with Crippen molar-refractivity contribution in [1.29, 1.82) is 0 Å². The molecule has 25 heavy (non-hydrogen) atoms. The van der Waals surface area contributed by atoms with Crippen LogP contribution in [0.25, 0.3) is 0 Å². The molecule has 1 aliphatic heterocycles. The summed E-state index contributed by atoms with van der Waals surface area (Å²) in [6.45, 7) is -0.512. The number of hydrogen-bond acceptors (Lipinski definition) is 4. The van der Waals surface area contributed by atoms with Crippen molar-refractivity contribution in [3.05, 3.63) is 29.8 Å². The van der Waals surface area contributed by atoms with Crippen LogP contribution in [-0.2, 0) is 9.53 Å². The average Bonchev–Trinajstić information content (AvgIpc) is 2.56. The molecule has 1 amide bonds. The Labute approximate surface area is 144 Å². The third kappa shape index (κ3) is 5.30. The molecule has 0 spiro atoms. The lowest BCUT2D eigenvalue weighted by molar-refractivity contribution is -0.137. The number of carbonyl (C=O) groups excluding carboxylic acids is 1. The lowest BCUT2D eigenvalue weighted by Gasteiger charge is -2.37. The summed E-state index contributed by atoms with van der Waals surface area (Å²) in [5.41, 5.74) is 0.796. The van der Waals surface area contributed by atoms with Crippen molar-refractivity contribution in [3.63, 3.8) is 0 Å². The van der Waals surface area contributed by atoms with E-state index in [0.29, 0.717) is 25.8 Å². The number of aliphatic carboxylic acids is 1. The second kappa shape index (κ2) is 8.64. The molecule has 6 nitrogen and oxygen atoms in total. The molecule has 0 aliphatic carbocycles. The number of hydrogen-bond donors (Lipinski definition) is 1. The van der Waals surface area contributed by atoms with Crippen molar-refractivity contribution in [2.24, 2.45) is 0 Å². The maximum Gasteiger partial charge on any atom is 0.410 e. The zero-order valence-electron chi connectivity index (χ0n) is 13.9. The van der Waals surface area contributed by atoms with Crippen LogP contribution in [0.15, 0.2) is 24.3 Å². The Morgan fingerprint density at radius 3 is 2.60 bits per heavy atom. The summed E-state index contributed by atoms with van der Waals surface area (Å²) in [7, 11) is 0. The highest BCUT2D eigenvalue weighted by Crippen LogP contribution is 2.30. The van der Waals surface area contributed by atoms with Crippen LogP contribution >= 0.6 is 0 Å².